The Hall–Kier alpha value is -1.50. The molecule has 0 radical (unpaired) electrons. The Morgan fingerprint density at radius 1 is 1.24 bits per heavy atom. The summed E-state index contributed by atoms with van der Waals surface area (Å²) in [4.78, 5) is 17.0. The van der Waals surface area contributed by atoms with E-state index in [0.717, 1.165) is 35.6 Å². The minimum Gasteiger partial charge on any atom is -0.353 e. The second-order valence-electron chi connectivity index (χ2n) is 7.02. The summed E-state index contributed by atoms with van der Waals surface area (Å²) in [5.41, 5.74) is 3.25. The third-order valence-corrected chi connectivity index (χ3v) is 7.12. The van der Waals surface area contributed by atoms with Crippen LogP contribution in [0.1, 0.15) is 46.4 Å². The van der Waals surface area contributed by atoms with E-state index in [1.165, 1.54) is 15.3 Å². The van der Waals surface area contributed by atoms with Crippen molar-refractivity contribution in [3.05, 3.63) is 45.8 Å². The molecule has 0 bridgehead atoms. The first-order chi connectivity index (χ1) is 12.1. The lowest BCUT2D eigenvalue weighted by Crippen LogP contribution is -3.14. The summed E-state index contributed by atoms with van der Waals surface area (Å²) < 4.78 is 0. The van der Waals surface area contributed by atoms with E-state index >= 15 is 0 Å². The molecule has 6 heteroatoms. The molecule has 4 rings (SSSR count). The summed E-state index contributed by atoms with van der Waals surface area (Å²) in [5, 5.41) is 7.73. The largest absolute Gasteiger partial charge is 0.353 e. The summed E-state index contributed by atoms with van der Waals surface area (Å²) in [5.74, 6) is 0.0678. The molecule has 0 fully saturated rings. The van der Waals surface area contributed by atoms with Crippen LogP contribution in [0.4, 0.5) is 5.00 Å². The third-order valence-electron chi connectivity index (χ3n) is 5.22. The predicted molar refractivity (Wildman–Crippen MR) is 105 cm³/mol. The zero-order valence-electron chi connectivity index (χ0n) is 14.8. The number of thiophene rings is 1. The fraction of sp³-hybridized carbons (Fsp3) is 0.421. The Balaban J connectivity index is 1.62. The highest BCUT2D eigenvalue weighted by Crippen LogP contribution is 2.39. The van der Waals surface area contributed by atoms with Gasteiger partial charge in [0.25, 0.3) is 5.91 Å². The monoisotopic (exact) mass is 374 g/mol. The number of rotatable bonds is 3. The number of hydrogen-bond acceptors (Lipinski definition) is 4. The van der Waals surface area contributed by atoms with Gasteiger partial charge in [-0.2, -0.15) is 0 Å². The maximum atomic E-state index is 12.8. The number of carbonyl (C=O) groups is 1. The molecule has 0 saturated heterocycles. The van der Waals surface area contributed by atoms with Crippen LogP contribution in [0.5, 0.6) is 0 Å². The normalized spacial score (nSPS) is 22.2. The van der Waals surface area contributed by atoms with Gasteiger partial charge in [0.05, 0.1) is 23.0 Å². The fourth-order valence-corrected chi connectivity index (χ4v) is 5.40. The molecule has 3 heterocycles. The topological polar surface area (TPSA) is 45.6 Å². The molecule has 2 aliphatic heterocycles. The average molecular weight is 375 g/mol. The van der Waals surface area contributed by atoms with E-state index in [1.807, 2.05) is 0 Å². The van der Waals surface area contributed by atoms with Gasteiger partial charge in [-0.3, -0.25) is 4.79 Å². The van der Waals surface area contributed by atoms with Crippen molar-refractivity contribution in [2.75, 3.05) is 18.1 Å². The van der Waals surface area contributed by atoms with Crippen LogP contribution in [0.2, 0.25) is 0 Å². The first-order valence-corrected chi connectivity index (χ1v) is 10.8. The highest BCUT2D eigenvalue weighted by atomic mass is 32.2. The van der Waals surface area contributed by atoms with Crippen molar-refractivity contribution in [1.82, 2.24) is 5.32 Å². The lowest BCUT2D eigenvalue weighted by atomic mass is 9.99. The van der Waals surface area contributed by atoms with Crippen LogP contribution in [-0.2, 0) is 13.0 Å². The Labute approximate surface area is 157 Å². The number of benzene rings is 1. The smallest absolute Gasteiger partial charge is 0.256 e. The van der Waals surface area contributed by atoms with E-state index in [4.69, 9.17) is 0 Å². The number of quaternary nitrogens is 1. The van der Waals surface area contributed by atoms with Crippen LogP contribution in [0.15, 0.2) is 29.2 Å². The first kappa shape index (κ1) is 16.9. The van der Waals surface area contributed by atoms with Crippen molar-refractivity contribution >= 4 is 34.0 Å². The Morgan fingerprint density at radius 2 is 2.00 bits per heavy atom. The number of anilines is 1. The molecule has 2 atom stereocenters. The molecule has 1 aromatic heterocycles. The van der Waals surface area contributed by atoms with Crippen molar-refractivity contribution in [3.63, 3.8) is 0 Å². The molecule has 0 aliphatic carbocycles. The van der Waals surface area contributed by atoms with Crippen molar-refractivity contribution in [1.29, 1.82) is 0 Å². The van der Waals surface area contributed by atoms with Gasteiger partial charge in [-0.1, -0.05) is 12.1 Å². The van der Waals surface area contributed by atoms with Crippen LogP contribution in [-0.4, -0.2) is 24.7 Å². The number of nitrogens with one attached hydrogen (secondary N) is 3. The highest BCUT2D eigenvalue weighted by molar-refractivity contribution is 7.98. The summed E-state index contributed by atoms with van der Waals surface area (Å²) in [7, 11) is 0. The molecular formula is C19H24N3OS2+. The lowest BCUT2D eigenvalue weighted by Gasteiger charge is -2.28. The maximum Gasteiger partial charge on any atom is 0.256 e. The van der Waals surface area contributed by atoms with Gasteiger partial charge in [-0.05, 0) is 43.4 Å². The summed E-state index contributed by atoms with van der Waals surface area (Å²) in [6.45, 7) is 6.69. The van der Waals surface area contributed by atoms with E-state index in [2.05, 4.69) is 55.0 Å². The molecule has 132 valence electrons. The predicted octanol–water partition coefficient (Wildman–Crippen LogP) is 2.67. The molecule has 0 spiro atoms. The third kappa shape index (κ3) is 3.07. The molecule has 1 unspecified atom stereocenters. The molecule has 1 aromatic carbocycles. The fourth-order valence-electron chi connectivity index (χ4n) is 3.67. The van der Waals surface area contributed by atoms with Gasteiger partial charge in [0.1, 0.15) is 17.7 Å². The van der Waals surface area contributed by atoms with Crippen LogP contribution in [0.3, 0.4) is 0 Å². The Bertz CT molecular complexity index is 798. The van der Waals surface area contributed by atoms with E-state index in [9.17, 15) is 4.79 Å². The number of thioether (sulfide) groups is 1. The molecule has 3 N–H and O–H groups in total. The Morgan fingerprint density at radius 3 is 2.68 bits per heavy atom. The minimum atomic E-state index is -0.149. The minimum absolute atomic E-state index is 0.0678. The number of amides is 1. The van der Waals surface area contributed by atoms with Gasteiger partial charge in [-0.15, -0.1) is 23.1 Å². The molecule has 4 nitrogen and oxygen atoms in total. The SMILES string of the molecule is CSc1ccc([C@H]2NC(=O)c3c(sc4c3CC[NH+](C(C)C)C4)N2)cc1. The van der Waals surface area contributed by atoms with Crippen LogP contribution >= 0.6 is 23.1 Å². The van der Waals surface area contributed by atoms with Crippen molar-refractivity contribution in [2.24, 2.45) is 0 Å². The molecule has 25 heavy (non-hydrogen) atoms. The second-order valence-corrected chi connectivity index (χ2v) is 9.01. The van der Waals surface area contributed by atoms with Gasteiger partial charge in [0, 0.05) is 11.3 Å². The highest BCUT2D eigenvalue weighted by Gasteiger charge is 2.34. The van der Waals surface area contributed by atoms with Crippen LogP contribution < -0.4 is 15.5 Å². The first-order valence-electron chi connectivity index (χ1n) is 8.77. The van der Waals surface area contributed by atoms with Gasteiger partial charge in [-0.25, -0.2) is 0 Å². The summed E-state index contributed by atoms with van der Waals surface area (Å²) in [6, 6.07) is 9.01. The van der Waals surface area contributed by atoms with Gasteiger partial charge >= 0.3 is 0 Å². The lowest BCUT2D eigenvalue weighted by molar-refractivity contribution is -0.936. The van der Waals surface area contributed by atoms with Gasteiger partial charge in [0.15, 0.2) is 0 Å². The van der Waals surface area contributed by atoms with Crippen molar-refractivity contribution in [2.45, 2.75) is 43.9 Å². The maximum absolute atomic E-state index is 12.8. The van der Waals surface area contributed by atoms with Gasteiger partial charge < -0.3 is 15.5 Å². The van der Waals surface area contributed by atoms with Crippen molar-refractivity contribution in [3.8, 4) is 0 Å². The van der Waals surface area contributed by atoms with E-state index in [1.54, 1.807) is 28.0 Å². The summed E-state index contributed by atoms with van der Waals surface area (Å²) >= 11 is 3.50. The van der Waals surface area contributed by atoms with E-state index < -0.39 is 0 Å². The van der Waals surface area contributed by atoms with Crippen molar-refractivity contribution < 1.29 is 9.69 Å². The zero-order chi connectivity index (χ0) is 17.6. The quantitative estimate of drug-likeness (QED) is 0.724. The van der Waals surface area contributed by atoms with E-state index in [0.29, 0.717) is 6.04 Å². The number of fused-ring (bicyclic) bond motifs is 3. The molecular weight excluding hydrogens is 350 g/mol. The average Bonchev–Trinajstić information content (AvgIpc) is 2.99. The van der Waals surface area contributed by atoms with Crippen LogP contribution in [0, 0.1) is 0 Å². The van der Waals surface area contributed by atoms with Gasteiger partial charge in [0.2, 0.25) is 0 Å². The number of hydrogen-bond donors (Lipinski definition) is 3. The summed E-state index contributed by atoms with van der Waals surface area (Å²) in [6.07, 6.45) is 2.92. The van der Waals surface area contributed by atoms with E-state index in [-0.39, 0.29) is 12.1 Å². The molecule has 0 saturated carbocycles. The number of carbonyl (C=O) groups excluding carboxylic acids is 1. The van der Waals surface area contributed by atoms with Crippen LogP contribution in [0.25, 0.3) is 0 Å². The Kier molecular flexibility index (Phi) is 4.52. The molecule has 2 aromatic rings. The standard InChI is InChI=1S/C19H23N3OS2/c1-11(2)22-9-8-14-15(10-22)25-19-16(14)18(23)20-17(21-19)12-4-6-13(24-3)7-5-12/h4-7,11,17,21H,8-10H2,1-3H3,(H,20,23)/p+1/t17-/m0/s1. The molecule has 2 aliphatic rings. The zero-order valence-corrected chi connectivity index (χ0v) is 16.4. The molecule has 1 amide bonds. The second kappa shape index (κ2) is 6.67.